The van der Waals surface area contributed by atoms with Gasteiger partial charge >= 0.3 is 5.97 Å². The van der Waals surface area contributed by atoms with Crippen LogP contribution in [0.2, 0.25) is 18.1 Å². The Morgan fingerprint density at radius 2 is 1.93 bits per heavy atom. The number of carbonyl (C=O) groups excluding carboxylic acids is 1. The van der Waals surface area contributed by atoms with Gasteiger partial charge in [0.25, 0.3) is 0 Å². The molecule has 0 saturated heterocycles. The zero-order valence-corrected chi connectivity index (χ0v) is 20.5. The fourth-order valence-electron chi connectivity index (χ4n) is 2.34. The molecule has 5 nitrogen and oxygen atoms in total. The number of rotatable bonds is 9. The van der Waals surface area contributed by atoms with Crippen LogP contribution in [0.25, 0.3) is 5.76 Å². The van der Waals surface area contributed by atoms with E-state index in [1.54, 1.807) is 29.5 Å². The van der Waals surface area contributed by atoms with Gasteiger partial charge in [0.2, 0.25) is 0 Å². The molecule has 0 amide bonds. The molecule has 0 saturated carbocycles. The minimum Gasteiger partial charge on any atom is -0.506 e. The van der Waals surface area contributed by atoms with Crippen molar-refractivity contribution in [1.29, 1.82) is 0 Å². The van der Waals surface area contributed by atoms with Gasteiger partial charge in [-0.15, -0.1) is 0 Å². The molecule has 0 bridgehead atoms. The third kappa shape index (κ3) is 7.14. The number of ether oxygens (including phenoxy) is 1. The Morgan fingerprint density at radius 1 is 1.31 bits per heavy atom. The zero-order valence-electron chi connectivity index (χ0n) is 17.4. The van der Waals surface area contributed by atoms with Crippen LogP contribution < -0.4 is 0 Å². The molecule has 2 N–H and O–H groups in total. The molecule has 162 valence electrons. The van der Waals surface area contributed by atoms with Crippen LogP contribution in [0.3, 0.4) is 0 Å². The largest absolute Gasteiger partial charge is 0.506 e. The minimum atomic E-state index is -2.32. The van der Waals surface area contributed by atoms with Gasteiger partial charge in [-0.1, -0.05) is 13.8 Å². The maximum Gasteiger partial charge on any atom is 0.343 e. The molecular formula is C20H28F2INO4Si. The van der Waals surface area contributed by atoms with Crippen LogP contribution >= 0.6 is 22.6 Å². The van der Waals surface area contributed by atoms with Crippen LogP contribution in [0, 0.1) is 15.2 Å². The summed E-state index contributed by atoms with van der Waals surface area (Å²) in [4.78, 5) is 26.7. The quantitative estimate of drug-likeness (QED) is 0.0659. The van der Waals surface area contributed by atoms with Crippen molar-refractivity contribution in [3.8, 4) is 0 Å². The topological polar surface area (TPSA) is 79.1 Å². The molecule has 29 heavy (non-hydrogen) atoms. The lowest BCUT2D eigenvalue weighted by Gasteiger charge is -2.34. The van der Waals surface area contributed by atoms with Gasteiger partial charge in [0.15, 0.2) is 8.32 Å². The highest BCUT2D eigenvalue weighted by atomic mass is 127. The van der Waals surface area contributed by atoms with Crippen LogP contribution in [0.4, 0.5) is 8.78 Å². The summed E-state index contributed by atoms with van der Waals surface area (Å²) in [6, 6.07) is 1.76. The number of aliphatic imine (C=N–C) groups is 1. The van der Waals surface area contributed by atoms with E-state index in [0.29, 0.717) is 19.0 Å². The molecule has 1 aromatic carbocycles. The third-order valence-electron chi connectivity index (χ3n) is 4.98. The van der Waals surface area contributed by atoms with E-state index in [2.05, 4.69) is 4.99 Å². The van der Waals surface area contributed by atoms with Crippen LogP contribution in [0.5, 0.6) is 0 Å². The van der Waals surface area contributed by atoms with Gasteiger partial charge in [0, 0.05) is 22.4 Å². The summed E-state index contributed by atoms with van der Waals surface area (Å²) in [5, 5.41) is 10.3. The first-order valence-corrected chi connectivity index (χ1v) is 13.3. The number of hydrogen-bond acceptors (Lipinski definition) is 5. The SMILES string of the molecule is CCOC(=O)C(C=NCCCC(C)(C)[Si](C)(C)O)=C(O)c1cc(I)c(F)cc1F. The molecule has 0 aliphatic rings. The lowest BCUT2D eigenvalue weighted by Crippen LogP contribution is -2.39. The molecule has 0 spiro atoms. The number of hydrogen-bond donors (Lipinski definition) is 2. The van der Waals surface area contributed by atoms with E-state index in [-0.39, 0.29) is 26.4 Å². The summed E-state index contributed by atoms with van der Waals surface area (Å²) < 4.78 is 32.6. The van der Waals surface area contributed by atoms with Crippen molar-refractivity contribution in [2.24, 2.45) is 4.99 Å². The smallest absolute Gasteiger partial charge is 0.343 e. The molecule has 0 unspecified atom stereocenters. The predicted octanol–water partition coefficient (Wildman–Crippen LogP) is 5.23. The average molecular weight is 539 g/mol. The van der Waals surface area contributed by atoms with Crippen molar-refractivity contribution in [3.63, 3.8) is 0 Å². The molecule has 0 aliphatic carbocycles. The maximum absolute atomic E-state index is 14.1. The van der Waals surface area contributed by atoms with E-state index >= 15 is 0 Å². The Kier molecular flexibility index (Phi) is 9.42. The fraction of sp³-hybridized carbons (Fsp3) is 0.500. The molecule has 0 fully saturated rings. The zero-order chi connectivity index (χ0) is 22.4. The number of carbonyl (C=O) groups is 1. The molecule has 0 aliphatic heterocycles. The first kappa shape index (κ1) is 25.7. The highest BCUT2D eigenvalue weighted by molar-refractivity contribution is 14.1. The Bertz CT molecular complexity index is 804. The van der Waals surface area contributed by atoms with Gasteiger partial charge in [-0.2, -0.15) is 0 Å². The number of esters is 1. The molecule has 0 radical (unpaired) electrons. The summed E-state index contributed by atoms with van der Waals surface area (Å²) in [7, 11) is -2.32. The maximum atomic E-state index is 14.1. The number of benzene rings is 1. The Balaban J connectivity index is 3.08. The molecule has 9 heteroatoms. The first-order valence-electron chi connectivity index (χ1n) is 9.29. The van der Waals surface area contributed by atoms with Gasteiger partial charge in [-0.05, 0) is 66.6 Å². The van der Waals surface area contributed by atoms with E-state index in [4.69, 9.17) is 4.74 Å². The fourth-order valence-corrected chi connectivity index (χ4v) is 3.60. The molecule has 0 atom stereocenters. The van der Waals surface area contributed by atoms with E-state index in [0.717, 1.165) is 18.7 Å². The van der Waals surface area contributed by atoms with Crippen molar-refractivity contribution in [2.45, 2.75) is 51.7 Å². The van der Waals surface area contributed by atoms with Crippen LogP contribution in [-0.4, -0.2) is 43.6 Å². The number of halogens is 3. The number of aliphatic hydroxyl groups excluding tert-OH is 1. The minimum absolute atomic E-state index is 0.0668. The number of nitrogens with zero attached hydrogens (tertiary/aromatic N) is 1. The number of aliphatic hydroxyl groups is 1. The Labute approximate surface area is 185 Å². The summed E-state index contributed by atoms with van der Waals surface area (Å²) in [6.45, 7) is 9.82. The van der Waals surface area contributed by atoms with E-state index in [1.807, 2.05) is 26.9 Å². The van der Waals surface area contributed by atoms with Crippen molar-refractivity contribution < 1.29 is 28.2 Å². The Morgan fingerprint density at radius 3 is 2.48 bits per heavy atom. The van der Waals surface area contributed by atoms with Crippen LogP contribution in [0.15, 0.2) is 22.7 Å². The van der Waals surface area contributed by atoms with E-state index in [9.17, 15) is 23.5 Å². The predicted molar refractivity (Wildman–Crippen MR) is 122 cm³/mol. The lowest BCUT2D eigenvalue weighted by molar-refractivity contribution is -0.137. The third-order valence-corrected chi connectivity index (χ3v) is 9.37. The van der Waals surface area contributed by atoms with Crippen LogP contribution in [-0.2, 0) is 9.53 Å². The van der Waals surface area contributed by atoms with Gasteiger partial charge in [-0.3, -0.25) is 4.99 Å². The van der Waals surface area contributed by atoms with Crippen molar-refractivity contribution >= 4 is 48.9 Å². The first-order chi connectivity index (χ1) is 13.3. The highest BCUT2D eigenvalue weighted by Crippen LogP contribution is 2.39. The molecule has 1 aromatic rings. The van der Waals surface area contributed by atoms with Crippen LogP contribution in [0.1, 0.15) is 39.2 Å². The summed E-state index contributed by atoms with van der Waals surface area (Å²) >= 11 is 1.67. The lowest BCUT2D eigenvalue weighted by atomic mass is 10.1. The molecule has 0 aromatic heterocycles. The van der Waals surface area contributed by atoms with Gasteiger partial charge < -0.3 is 14.6 Å². The monoisotopic (exact) mass is 539 g/mol. The summed E-state index contributed by atoms with van der Waals surface area (Å²) in [5.41, 5.74) is -0.608. The van der Waals surface area contributed by atoms with Crippen molar-refractivity contribution in [1.82, 2.24) is 0 Å². The van der Waals surface area contributed by atoms with E-state index < -0.39 is 31.7 Å². The van der Waals surface area contributed by atoms with Gasteiger partial charge in [0.05, 0.1) is 12.2 Å². The summed E-state index contributed by atoms with van der Waals surface area (Å²) in [5.74, 6) is -3.26. The van der Waals surface area contributed by atoms with Crippen molar-refractivity contribution in [3.05, 3.63) is 38.5 Å². The standard InChI is InChI=1S/C20H28F2INO4Si/c1-6-28-19(26)14(12-24-9-7-8-20(2,3)29(4,5)27)18(25)13-10-17(23)16(22)11-15(13)21/h10-12,25,27H,6-9H2,1-5H3. The van der Waals surface area contributed by atoms with E-state index in [1.165, 1.54) is 0 Å². The normalized spacial score (nSPS) is 13.6. The second kappa shape index (κ2) is 10.6. The van der Waals surface area contributed by atoms with Gasteiger partial charge in [0.1, 0.15) is 23.0 Å². The van der Waals surface area contributed by atoms with Gasteiger partial charge in [-0.25, -0.2) is 13.6 Å². The molecule has 1 rings (SSSR count). The Hall–Kier alpha value is -1.33. The second-order valence-electron chi connectivity index (χ2n) is 7.81. The highest BCUT2D eigenvalue weighted by Gasteiger charge is 2.37. The summed E-state index contributed by atoms with van der Waals surface area (Å²) in [6.07, 6.45) is 2.56. The average Bonchev–Trinajstić information content (AvgIpc) is 2.59. The van der Waals surface area contributed by atoms with Crippen molar-refractivity contribution in [2.75, 3.05) is 13.2 Å². The second-order valence-corrected chi connectivity index (χ2v) is 13.4. The molecular weight excluding hydrogens is 511 g/mol. The molecule has 0 heterocycles.